The number of furan rings is 1. The largest absolute Gasteiger partial charge is 0.454 e. The molecule has 1 aliphatic rings. The van der Waals surface area contributed by atoms with E-state index in [-0.39, 0.29) is 50.0 Å². The number of carbonyl (C=O) groups is 1. The number of hydrogen-bond donors (Lipinski definition) is 0. The number of hydrogen-bond acceptors (Lipinski definition) is 5. The molecule has 1 aromatic carbocycles. The van der Waals surface area contributed by atoms with Crippen LogP contribution in [-0.4, -0.2) is 54.3 Å². The summed E-state index contributed by atoms with van der Waals surface area (Å²) in [5, 5.41) is 0. The number of nitrogens with zero attached hydrogens (tertiary/aromatic N) is 3. The van der Waals surface area contributed by atoms with Gasteiger partial charge < -0.3 is 13.9 Å². The number of sulfonamides is 1. The van der Waals surface area contributed by atoms with Crippen LogP contribution in [0.4, 0.5) is 0 Å². The van der Waals surface area contributed by atoms with Crippen molar-refractivity contribution in [3.05, 3.63) is 87.7 Å². The number of benzene rings is 1. The number of piperazine rings is 1. The van der Waals surface area contributed by atoms with Crippen molar-refractivity contribution in [2.24, 2.45) is 0 Å². The van der Waals surface area contributed by atoms with Crippen LogP contribution in [0.2, 0.25) is 0 Å². The fourth-order valence-corrected chi connectivity index (χ4v) is 5.48. The zero-order chi connectivity index (χ0) is 22.9. The first-order valence-corrected chi connectivity index (χ1v) is 11.8. The maximum absolute atomic E-state index is 13.1. The number of aryl methyl sites for hydroxylation is 2. The summed E-state index contributed by atoms with van der Waals surface area (Å²) in [5.41, 5.74) is 1.43. The minimum atomic E-state index is -3.62. The van der Waals surface area contributed by atoms with Crippen LogP contribution in [0.5, 0.6) is 0 Å². The van der Waals surface area contributed by atoms with Crippen LogP contribution in [0.15, 0.2) is 68.8 Å². The van der Waals surface area contributed by atoms with Crippen LogP contribution in [0.25, 0.3) is 0 Å². The number of pyridine rings is 1. The first kappa shape index (κ1) is 22.0. The summed E-state index contributed by atoms with van der Waals surface area (Å²) < 4.78 is 34.8. The molecular formula is C23H25N3O5S. The van der Waals surface area contributed by atoms with Gasteiger partial charge in [0, 0.05) is 38.4 Å². The Kier molecular flexibility index (Phi) is 6.03. The Hall–Kier alpha value is -3.17. The van der Waals surface area contributed by atoms with Gasteiger partial charge in [-0.1, -0.05) is 18.2 Å². The highest BCUT2D eigenvalue weighted by molar-refractivity contribution is 7.89. The van der Waals surface area contributed by atoms with Gasteiger partial charge in [-0.2, -0.15) is 4.31 Å². The molecule has 4 rings (SSSR count). The van der Waals surface area contributed by atoms with Crippen molar-refractivity contribution in [2.75, 3.05) is 26.2 Å². The quantitative estimate of drug-likeness (QED) is 0.588. The second-order valence-electron chi connectivity index (χ2n) is 7.90. The Morgan fingerprint density at radius 2 is 1.75 bits per heavy atom. The van der Waals surface area contributed by atoms with Crippen molar-refractivity contribution in [3.63, 3.8) is 0 Å². The molecule has 2 aromatic heterocycles. The molecule has 3 heterocycles. The van der Waals surface area contributed by atoms with Crippen LogP contribution < -0.4 is 5.56 Å². The Morgan fingerprint density at radius 1 is 1.00 bits per heavy atom. The number of aromatic nitrogens is 1. The topological polar surface area (TPSA) is 92.8 Å². The molecule has 32 heavy (non-hydrogen) atoms. The molecule has 168 valence electrons. The van der Waals surface area contributed by atoms with E-state index in [4.69, 9.17) is 4.42 Å². The minimum absolute atomic E-state index is 0.155. The van der Waals surface area contributed by atoms with Crippen molar-refractivity contribution in [1.82, 2.24) is 13.8 Å². The Bertz CT molecular complexity index is 1300. The Labute approximate surface area is 186 Å². The van der Waals surface area contributed by atoms with E-state index in [0.29, 0.717) is 16.2 Å². The Balaban J connectivity index is 1.42. The van der Waals surface area contributed by atoms with Gasteiger partial charge in [-0.3, -0.25) is 9.59 Å². The van der Waals surface area contributed by atoms with Crippen LogP contribution in [0, 0.1) is 13.8 Å². The number of amides is 1. The van der Waals surface area contributed by atoms with Gasteiger partial charge in [0.2, 0.25) is 10.0 Å². The van der Waals surface area contributed by atoms with E-state index in [1.165, 1.54) is 14.9 Å². The lowest BCUT2D eigenvalue weighted by Crippen LogP contribution is -2.50. The van der Waals surface area contributed by atoms with Crippen molar-refractivity contribution < 1.29 is 17.6 Å². The van der Waals surface area contributed by atoms with E-state index in [2.05, 4.69) is 0 Å². The maximum atomic E-state index is 13.1. The van der Waals surface area contributed by atoms with Gasteiger partial charge in [-0.05, 0) is 49.2 Å². The third-order valence-electron chi connectivity index (χ3n) is 5.58. The summed E-state index contributed by atoms with van der Waals surface area (Å²) in [4.78, 5) is 26.6. The lowest BCUT2D eigenvalue weighted by atomic mass is 10.2. The number of rotatable bonds is 5. The third-order valence-corrected chi connectivity index (χ3v) is 7.63. The second-order valence-corrected chi connectivity index (χ2v) is 9.80. The average Bonchev–Trinajstić information content (AvgIpc) is 3.25. The first-order chi connectivity index (χ1) is 15.3. The van der Waals surface area contributed by atoms with Crippen molar-refractivity contribution in [2.45, 2.75) is 25.3 Å². The lowest BCUT2D eigenvalue weighted by Gasteiger charge is -2.33. The summed E-state index contributed by atoms with van der Waals surface area (Å²) in [6.07, 6.45) is 1.65. The second kappa shape index (κ2) is 8.76. The maximum Gasteiger partial charge on any atom is 0.289 e. The Morgan fingerprint density at radius 3 is 2.47 bits per heavy atom. The van der Waals surface area contributed by atoms with E-state index in [0.717, 1.165) is 5.56 Å². The van der Waals surface area contributed by atoms with Gasteiger partial charge in [0.05, 0.1) is 11.4 Å². The molecule has 0 saturated carbocycles. The van der Waals surface area contributed by atoms with Gasteiger partial charge >= 0.3 is 0 Å². The van der Waals surface area contributed by atoms with E-state index < -0.39 is 10.0 Å². The average molecular weight is 456 g/mol. The molecule has 1 saturated heterocycles. The molecule has 0 N–H and O–H groups in total. The highest BCUT2D eigenvalue weighted by Crippen LogP contribution is 2.23. The van der Waals surface area contributed by atoms with Crippen LogP contribution in [0.3, 0.4) is 0 Å². The summed E-state index contributed by atoms with van der Waals surface area (Å²) >= 11 is 0. The van der Waals surface area contributed by atoms with E-state index in [1.807, 2.05) is 13.0 Å². The van der Waals surface area contributed by atoms with E-state index >= 15 is 0 Å². The van der Waals surface area contributed by atoms with Crippen LogP contribution >= 0.6 is 0 Å². The molecule has 8 nitrogen and oxygen atoms in total. The van der Waals surface area contributed by atoms with Gasteiger partial charge in [-0.25, -0.2) is 8.42 Å². The van der Waals surface area contributed by atoms with Crippen LogP contribution in [0.1, 0.15) is 27.4 Å². The monoisotopic (exact) mass is 455 g/mol. The molecule has 1 aliphatic heterocycles. The summed E-state index contributed by atoms with van der Waals surface area (Å²) in [6, 6.07) is 13.5. The van der Waals surface area contributed by atoms with Gasteiger partial charge in [-0.15, -0.1) is 0 Å². The summed E-state index contributed by atoms with van der Waals surface area (Å²) in [7, 11) is -3.62. The molecule has 1 amide bonds. The molecular weight excluding hydrogens is 430 g/mol. The van der Waals surface area contributed by atoms with Gasteiger partial charge in [0.15, 0.2) is 5.76 Å². The molecule has 0 spiro atoms. The molecule has 3 aromatic rings. The van der Waals surface area contributed by atoms with Gasteiger partial charge in [0.1, 0.15) is 5.76 Å². The molecule has 0 unspecified atom stereocenters. The van der Waals surface area contributed by atoms with Gasteiger partial charge in [0.25, 0.3) is 11.5 Å². The van der Waals surface area contributed by atoms with Crippen molar-refractivity contribution in [3.8, 4) is 0 Å². The van der Waals surface area contributed by atoms with Crippen molar-refractivity contribution >= 4 is 15.9 Å². The smallest absolute Gasteiger partial charge is 0.289 e. The fraction of sp³-hybridized carbons (Fsp3) is 0.304. The highest BCUT2D eigenvalue weighted by atomic mass is 32.2. The third kappa shape index (κ3) is 4.39. The standard InChI is InChI=1S/C23H25N3O5S/c1-17-6-7-18(2)21(15-17)32(29,30)26-13-11-24(12-14-26)23(28)20-9-8-19(31-20)16-25-10-4-3-5-22(25)27/h3-10,15H,11-14,16H2,1-2H3. The zero-order valence-electron chi connectivity index (χ0n) is 18.0. The van der Waals surface area contributed by atoms with Crippen LogP contribution in [-0.2, 0) is 16.6 Å². The normalized spacial score (nSPS) is 15.1. The summed E-state index contributed by atoms with van der Waals surface area (Å²) in [5.74, 6) is 0.382. The molecule has 0 radical (unpaired) electrons. The molecule has 1 fully saturated rings. The fourth-order valence-electron chi connectivity index (χ4n) is 3.75. The van der Waals surface area contributed by atoms with Crippen molar-refractivity contribution in [1.29, 1.82) is 0 Å². The molecule has 0 atom stereocenters. The molecule has 9 heteroatoms. The predicted molar refractivity (Wildman–Crippen MR) is 119 cm³/mol. The predicted octanol–water partition coefficient (Wildman–Crippen LogP) is 2.25. The zero-order valence-corrected chi connectivity index (χ0v) is 18.8. The SMILES string of the molecule is Cc1ccc(C)c(S(=O)(=O)N2CCN(C(=O)c3ccc(Cn4ccccc4=O)o3)CC2)c1. The highest BCUT2D eigenvalue weighted by Gasteiger charge is 2.32. The minimum Gasteiger partial charge on any atom is -0.454 e. The first-order valence-electron chi connectivity index (χ1n) is 10.4. The molecule has 0 aliphatic carbocycles. The lowest BCUT2D eigenvalue weighted by molar-refractivity contribution is 0.0664. The van der Waals surface area contributed by atoms with E-state index in [1.54, 1.807) is 54.4 Å². The van der Waals surface area contributed by atoms with E-state index in [9.17, 15) is 18.0 Å². The summed E-state index contributed by atoms with van der Waals surface area (Å²) in [6.45, 7) is 4.86. The molecule has 0 bridgehead atoms. The number of carbonyl (C=O) groups excluding carboxylic acids is 1.